The summed E-state index contributed by atoms with van der Waals surface area (Å²) in [7, 11) is 0. The van der Waals surface area contributed by atoms with Gasteiger partial charge in [-0.1, -0.05) is 26.0 Å². The van der Waals surface area contributed by atoms with E-state index in [2.05, 4.69) is 19.3 Å². The molecule has 0 fully saturated rings. The first kappa shape index (κ1) is 14.1. The van der Waals surface area contributed by atoms with Crippen LogP contribution in [0.1, 0.15) is 36.2 Å². The molecule has 0 bridgehead atoms. The summed E-state index contributed by atoms with van der Waals surface area (Å²) in [6.07, 6.45) is 1.23. The third kappa shape index (κ3) is 5.24. The zero-order chi connectivity index (χ0) is 12.7. The molecule has 1 rings (SSSR count). The molecule has 0 aliphatic heterocycles. The van der Waals surface area contributed by atoms with E-state index in [1.165, 1.54) is 12.0 Å². The van der Waals surface area contributed by atoms with Gasteiger partial charge in [0, 0.05) is 11.3 Å². The molecule has 0 saturated heterocycles. The van der Waals surface area contributed by atoms with Crippen molar-refractivity contribution in [2.24, 2.45) is 11.8 Å². The highest BCUT2D eigenvalue weighted by Gasteiger charge is 2.04. The van der Waals surface area contributed by atoms with Gasteiger partial charge in [0.25, 0.3) is 5.91 Å². The second-order valence-electron chi connectivity index (χ2n) is 4.41. The summed E-state index contributed by atoms with van der Waals surface area (Å²) in [5.74, 6) is 7.71. The molecule has 3 N–H and O–H groups in total. The molecule has 1 aromatic carbocycles. The first-order chi connectivity index (χ1) is 8.13. The molecular weight excluding hydrogens is 232 g/mol. The van der Waals surface area contributed by atoms with Crippen LogP contribution in [-0.2, 0) is 5.75 Å². The average molecular weight is 252 g/mol. The largest absolute Gasteiger partial charge is 0.290 e. The Bertz CT molecular complexity index is 366. The fraction of sp³-hybridized carbons (Fsp3) is 0.462. The van der Waals surface area contributed by atoms with Gasteiger partial charge in [0.2, 0.25) is 0 Å². The molecule has 0 saturated carbocycles. The number of amides is 1. The summed E-state index contributed by atoms with van der Waals surface area (Å²) in [4.78, 5) is 11.3. The monoisotopic (exact) mass is 252 g/mol. The summed E-state index contributed by atoms with van der Waals surface area (Å²) in [5.41, 5.74) is 3.93. The molecule has 17 heavy (non-hydrogen) atoms. The van der Waals surface area contributed by atoms with Crippen molar-refractivity contribution in [1.29, 1.82) is 0 Å². The minimum atomic E-state index is -0.237. The maximum Gasteiger partial charge on any atom is 0.265 e. The number of carbonyl (C=O) groups excluding carboxylic acids is 1. The van der Waals surface area contributed by atoms with Crippen molar-refractivity contribution in [3.05, 3.63) is 35.4 Å². The van der Waals surface area contributed by atoms with Crippen LogP contribution < -0.4 is 11.3 Å². The highest BCUT2D eigenvalue weighted by molar-refractivity contribution is 7.98. The number of hydrazine groups is 1. The molecule has 1 aromatic rings. The Kier molecular flexibility index (Phi) is 6.08. The Hall–Kier alpha value is -1.00. The second kappa shape index (κ2) is 7.35. The zero-order valence-electron chi connectivity index (χ0n) is 10.4. The van der Waals surface area contributed by atoms with E-state index < -0.39 is 0 Å². The SMILES string of the molecule is CC(C)CCSCc1cccc(C(=O)NN)c1. The first-order valence-electron chi connectivity index (χ1n) is 5.81. The fourth-order valence-corrected chi connectivity index (χ4v) is 2.59. The van der Waals surface area contributed by atoms with Crippen LogP contribution in [0.3, 0.4) is 0 Å². The number of nitrogens with one attached hydrogen (secondary N) is 1. The predicted molar refractivity (Wildman–Crippen MR) is 73.7 cm³/mol. The van der Waals surface area contributed by atoms with E-state index in [0.29, 0.717) is 5.56 Å². The number of benzene rings is 1. The number of rotatable bonds is 6. The van der Waals surface area contributed by atoms with Gasteiger partial charge < -0.3 is 0 Å². The molecule has 0 atom stereocenters. The molecule has 3 nitrogen and oxygen atoms in total. The van der Waals surface area contributed by atoms with Gasteiger partial charge in [0.15, 0.2) is 0 Å². The summed E-state index contributed by atoms with van der Waals surface area (Å²) < 4.78 is 0. The van der Waals surface area contributed by atoms with Crippen molar-refractivity contribution in [2.45, 2.75) is 26.0 Å². The van der Waals surface area contributed by atoms with E-state index in [1.54, 1.807) is 6.07 Å². The molecule has 1 amide bonds. The van der Waals surface area contributed by atoms with Crippen LogP contribution in [0.2, 0.25) is 0 Å². The van der Waals surface area contributed by atoms with Crippen LogP contribution in [-0.4, -0.2) is 11.7 Å². The predicted octanol–water partition coefficient (Wildman–Crippen LogP) is 2.57. The Morgan fingerprint density at radius 2 is 2.24 bits per heavy atom. The Balaban J connectivity index is 2.46. The molecule has 0 spiro atoms. The fourth-order valence-electron chi connectivity index (χ4n) is 1.39. The minimum Gasteiger partial charge on any atom is -0.290 e. The molecule has 4 heteroatoms. The molecule has 0 unspecified atom stereocenters. The Morgan fingerprint density at radius 1 is 1.47 bits per heavy atom. The van der Waals surface area contributed by atoms with Gasteiger partial charge in [0.05, 0.1) is 0 Å². The summed E-state index contributed by atoms with van der Waals surface area (Å²) in [6.45, 7) is 4.46. The molecule has 0 aliphatic rings. The third-order valence-corrected chi connectivity index (χ3v) is 3.49. The third-order valence-electron chi connectivity index (χ3n) is 2.43. The minimum absolute atomic E-state index is 0.237. The lowest BCUT2D eigenvalue weighted by molar-refractivity contribution is 0.0953. The van der Waals surface area contributed by atoms with E-state index in [-0.39, 0.29) is 5.91 Å². The second-order valence-corrected chi connectivity index (χ2v) is 5.51. The van der Waals surface area contributed by atoms with E-state index in [0.717, 1.165) is 17.4 Å². The van der Waals surface area contributed by atoms with Gasteiger partial charge in [-0.05, 0) is 35.8 Å². The standard InChI is InChI=1S/C13H20N2OS/c1-10(2)6-7-17-9-11-4-3-5-12(8-11)13(16)15-14/h3-5,8,10H,6-7,9,14H2,1-2H3,(H,15,16). The van der Waals surface area contributed by atoms with Crippen LogP contribution in [0.15, 0.2) is 24.3 Å². The Morgan fingerprint density at radius 3 is 2.88 bits per heavy atom. The van der Waals surface area contributed by atoms with E-state index in [9.17, 15) is 4.79 Å². The van der Waals surface area contributed by atoms with Crippen LogP contribution in [0.25, 0.3) is 0 Å². The lowest BCUT2D eigenvalue weighted by atomic mass is 10.1. The van der Waals surface area contributed by atoms with E-state index in [4.69, 9.17) is 5.84 Å². The van der Waals surface area contributed by atoms with E-state index in [1.807, 2.05) is 30.0 Å². The number of thioether (sulfide) groups is 1. The molecule has 0 aliphatic carbocycles. The molecular formula is C13H20N2OS. The van der Waals surface area contributed by atoms with Crippen LogP contribution in [0, 0.1) is 5.92 Å². The lowest BCUT2D eigenvalue weighted by Crippen LogP contribution is -2.29. The van der Waals surface area contributed by atoms with Gasteiger partial charge in [-0.2, -0.15) is 11.8 Å². The van der Waals surface area contributed by atoms with Gasteiger partial charge >= 0.3 is 0 Å². The molecule has 0 aromatic heterocycles. The summed E-state index contributed by atoms with van der Waals surface area (Å²) in [5, 5.41) is 0. The van der Waals surface area contributed by atoms with Gasteiger partial charge in [0.1, 0.15) is 0 Å². The van der Waals surface area contributed by atoms with Crippen LogP contribution in [0.4, 0.5) is 0 Å². The van der Waals surface area contributed by atoms with Gasteiger partial charge in [-0.3, -0.25) is 10.2 Å². The summed E-state index contributed by atoms with van der Waals surface area (Å²) >= 11 is 1.90. The highest BCUT2D eigenvalue weighted by Crippen LogP contribution is 2.16. The van der Waals surface area contributed by atoms with Crippen molar-refractivity contribution in [1.82, 2.24) is 5.43 Å². The lowest BCUT2D eigenvalue weighted by Gasteiger charge is -2.06. The highest BCUT2D eigenvalue weighted by atomic mass is 32.2. The van der Waals surface area contributed by atoms with Crippen molar-refractivity contribution < 1.29 is 4.79 Å². The van der Waals surface area contributed by atoms with Crippen molar-refractivity contribution in [3.8, 4) is 0 Å². The van der Waals surface area contributed by atoms with Gasteiger partial charge in [-0.15, -0.1) is 0 Å². The van der Waals surface area contributed by atoms with Crippen molar-refractivity contribution >= 4 is 17.7 Å². The topological polar surface area (TPSA) is 55.1 Å². The van der Waals surface area contributed by atoms with Crippen LogP contribution >= 0.6 is 11.8 Å². The van der Waals surface area contributed by atoms with Crippen molar-refractivity contribution in [2.75, 3.05) is 5.75 Å². The maximum atomic E-state index is 11.3. The van der Waals surface area contributed by atoms with E-state index >= 15 is 0 Å². The summed E-state index contributed by atoms with van der Waals surface area (Å²) in [6, 6.07) is 7.59. The van der Waals surface area contributed by atoms with Crippen LogP contribution in [0.5, 0.6) is 0 Å². The molecule has 0 heterocycles. The zero-order valence-corrected chi connectivity index (χ0v) is 11.2. The smallest absolute Gasteiger partial charge is 0.265 e. The number of hydrogen-bond acceptors (Lipinski definition) is 3. The number of hydrogen-bond donors (Lipinski definition) is 2. The number of carbonyl (C=O) groups is 1. The molecule has 94 valence electrons. The molecule has 0 radical (unpaired) electrons. The number of nitrogens with two attached hydrogens (primary N) is 1. The van der Waals surface area contributed by atoms with Gasteiger partial charge in [-0.25, -0.2) is 5.84 Å². The van der Waals surface area contributed by atoms with Crippen molar-refractivity contribution in [3.63, 3.8) is 0 Å². The first-order valence-corrected chi connectivity index (χ1v) is 6.96. The maximum absolute atomic E-state index is 11.3. The quantitative estimate of drug-likeness (QED) is 0.354. The Labute approximate surface area is 107 Å². The normalized spacial score (nSPS) is 10.6. The average Bonchev–Trinajstić information content (AvgIpc) is 2.34. The number of nitrogen functional groups attached to an aromatic ring is 1.